The Bertz CT molecular complexity index is 57.8. The summed E-state index contributed by atoms with van der Waals surface area (Å²) in [5, 5.41) is 0. The maximum atomic E-state index is 8.55. The minimum Gasteiger partial charge on any atom is -0.822 e. The van der Waals surface area contributed by atoms with E-state index in [1.165, 1.54) is 0 Å². The molecule has 0 heterocycles. The van der Waals surface area contributed by atoms with Crippen LogP contribution in [0.25, 0.3) is 0 Å². The average Bonchev–Trinajstić information content (AvgIpc) is 0.722. The molecule has 0 aliphatic heterocycles. The van der Waals surface area contributed by atoms with E-state index in [0.29, 0.717) is 0 Å². The van der Waals surface area contributed by atoms with Crippen LogP contribution in [0.1, 0.15) is 0 Å². The predicted octanol–water partition coefficient (Wildman–Crippen LogP) is -2.83. The molecule has 0 aliphatic carbocycles. The second-order valence-corrected chi connectivity index (χ2v) is 1.34. The van der Waals surface area contributed by atoms with E-state index in [4.69, 9.17) is 19.2 Å². The largest absolute Gasteiger partial charge is 2.00 e. The maximum Gasteiger partial charge on any atom is 2.00 e. The van der Waals surface area contributed by atoms with Crippen molar-refractivity contribution in [2.75, 3.05) is 0 Å². The Morgan fingerprint density at radius 1 is 1.14 bits per heavy atom. The number of phosphoric acid groups is 1. The smallest absolute Gasteiger partial charge is 0.822 e. The molecule has 0 aromatic heterocycles. The van der Waals surface area contributed by atoms with Crippen LogP contribution in [0.5, 0.6) is 0 Å². The average molecular weight is 241 g/mol. The monoisotopic (exact) mass is 240 g/mol. The fraction of sp³-hybridized carbons (Fsp3) is 0. The molecule has 7 heteroatoms. The minimum absolute atomic E-state index is 0. The van der Waals surface area contributed by atoms with Gasteiger partial charge in [-0.25, -0.2) is 0 Å². The van der Waals surface area contributed by atoms with Crippen molar-refractivity contribution in [3.05, 3.63) is 0 Å². The number of hydrogen-bond acceptors (Lipinski definition) is 4. The van der Waals surface area contributed by atoms with Crippen molar-refractivity contribution in [1.82, 2.24) is 0 Å². The molecule has 0 aliphatic rings. The van der Waals surface area contributed by atoms with Crippen LogP contribution in [0.15, 0.2) is 0 Å². The zero-order valence-electron chi connectivity index (χ0n) is 2.96. The Hall–Kier alpha value is 1.51. The molecule has 0 saturated heterocycles. The van der Waals surface area contributed by atoms with Crippen LogP contribution in [-0.4, -0.2) is 0 Å². The second-order valence-electron chi connectivity index (χ2n) is 0.447. The molecule has 0 unspecified atom stereocenters. The van der Waals surface area contributed by atoms with Gasteiger partial charge in [-0.2, -0.15) is 7.82 Å². The Morgan fingerprint density at radius 3 is 1.14 bits per heavy atom. The van der Waals surface area contributed by atoms with Gasteiger partial charge in [0.05, 0.1) is 0 Å². The molecule has 0 atom stereocenters. The van der Waals surface area contributed by atoms with Gasteiger partial charge < -0.3 is 19.2 Å². The minimum atomic E-state index is -5.39. The Balaban J connectivity index is -0.0000000800. The van der Waals surface area contributed by atoms with Crippen molar-refractivity contribution >= 4 is 7.82 Å². The quantitative estimate of drug-likeness (QED) is 0.338. The third-order valence-electron chi connectivity index (χ3n) is 0. The number of hydrogen-bond donors (Lipinski definition) is 0. The first-order chi connectivity index (χ1) is 2.00. The van der Waals surface area contributed by atoms with E-state index < -0.39 is 7.82 Å². The Morgan fingerprint density at radius 2 is 1.14 bits per heavy atom. The first kappa shape index (κ1) is 15.8. The van der Waals surface area contributed by atoms with Crippen molar-refractivity contribution in [3.63, 3.8) is 0 Å². The van der Waals surface area contributed by atoms with Crippen LogP contribution >= 0.6 is 7.82 Å². The van der Waals surface area contributed by atoms with Gasteiger partial charge in [0.15, 0.2) is 0 Å². The third-order valence-corrected chi connectivity index (χ3v) is 0. The van der Waals surface area contributed by atoms with Gasteiger partial charge in [0.2, 0.25) is 0 Å². The summed E-state index contributed by atoms with van der Waals surface area (Å²) in [4.78, 5) is 25.6. The topological polar surface area (TPSA) is 86.2 Å². The molecule has 7 heavy (non-hydrogen) atoms. The summed E-state index contributed by atoms with van der Waals surface area (Å²) in [5.74, 6) is 0. The van der Waals surface area contributed by atoms with E-state index in [0.717, 1.165) is 0 Å². The molecular formula is MnO4PZr+. The zero-order valence-corrected chi connectivity index (χ0v) is 7.49. The van der Waals surface area contributed by atoms with Gasteiger partial charge in [-0.3, -0.25) is 0 Å². The van der Waals surface area contributed by atoms with Gasteiger partial charge in [-0.15, -0.1) is 0 Å². The molecule has 0 rings (SSSR count). The van der Waals surface area contributed by atoms with Crippen LogP contribution in [0.3, 0.4) is 0 Å². The molecule has 4 nitrogen and oxygen atoms in total. The van der Waals surface area contributed by atoms with Gasteiger partial charge >= 0.3 is 43.3 Å². The standard InChI is InChI=1S/Mn.H3O4P.Zr/c;1-5(2,3)4;/h;(H3,1,2,3,4);/q+2;;+2/p-3. The molecule has 0 fully saturated rings. The maximum absolute atomic E-state index is 8.55. The molecule has 0 amide bonds. The first-order valence-corrected chi connectivity index (χ1v) is 2.19. The second kappa shape index (κ2) is 5.65. The summed E-state index contributed by atoms with van der Waals surface area (Å²) in [6, 6.07) is 0. The van der Waals surface area contributed by atoms with Crippen LogP contribution in [0.2, 0.25) is 0 Å². The van der Waals surface area contributed by atoms with Crippen molar-refractivity contribution in [3.8, 4) is 0 Å². The van der Waals surface area contributed by atoms with E-state index in [9.17, 15) is 0 Å². The molecule has 0 spiro atoms. The van der Waals surface area contributed by atoms with Crippen LogP contribution < -0.4 is 14.7 Å². The number of rotatable bonds is 0. The van der Waals surface area contributed by atoms with Crippen LogP contribution in [0, 0.1) is 0 Å². The molecule has 1 radical (unpaired) electrons. The molecule has 0 N–H and O–H groups in total. The van der Waals surface area contributed by atoms with Gasteiger partial charge in [0.25, 0.3) is 0 Å². The van der Waals surface area contributed by atoms with Gasteiger partial charge in [-0.1, -0.05) is 0 Å². The summed E-state index contributed by atoms with van der Waals surface area (Å²) in [5.41, 5.74) is 0. The first-order valence-electron chi connectivity index (χ1n) is 0.730. The van der Waals surface area contributed by atoms with Crippen molar-refractivity contribution in [2.24, 2.45) is 0 Å². The summed E-state index contributed by atoms with van der Waals surface area (Å²) >= 11 is 0. The summed E-state index contributed by atoms with van der Waals surface area (Å²) < 4.78 is 8.55. The Labute approximate surface area is 70.2 Å². The zero-order chi connectivity index (χ0) is 4.50. The van der Waals surface area contributed by atoms with Crippen molar-refractivity contribution in [1.29, 1.82) is 0 Å². The summed E-state index contributed by atoms with van der Waals surface area (Å²) in [7, 11) is -5.39. The van der Waals surface area contributed by atoms with Crippen molar-refractivity contribution in [2.45, 2.75) is 0 Å². The van der Waals surface area contributed by atoms with E-state index in [-0.39, 0.29) is 43.3 Å². The fourth-order valence-corrected chi connectivity index (χ4v) is 0. The summed E-state index contributed by atoms with van der Waals surface area (Å²) in [6.07, 6.45) is 0. The SMILES string of the molecule is O=P([O-])([O-])[O-].[Mn+2].[Zr+2]. The predicted molar refractivity (Wildman–Crippen MR) is 7.61 cm³/mol. The van der Waals surface area contributed by atoms with E-state index in [1.807, 2.05) is 0 Å². The molecular weight excluding hydrogens is 241 g/mol. The molecule has 0 aromatic rings. The summed E-state index contributed by atoms with van der Waals surface area (Å²) in [6.45, 7) is 0. The van der Waals surface area contributed by atoms with E-state index >= 15 is 0 Å². The normalized spacial score (nSPS) is 8.43. The van der Waals surface area contributed by atoms with E-state index in [2.05, 4.69) is 0 Å². The molecule has 0 aromatic carbocycles. The molecule has 39 valence electrons. The molecule has 0 bridgehead atoms. The van der Waals surface area contributed by atoms with E-state index in [1.54, 1.807) is 0 Å². The molecule has 0 saturated carbocycles. The Kier molecular flexibility index (Phi) is 12.8. The van der Waals surface area contributed by atoms with Gasteiger partial charge in [0.1, 0.15) is 0 Å². The van der Waals surface area contributed by atoms with Crippen LogP contribution in [0.4, 0.5) is 0 Å². The third kappa shape index (κ3) is 99.8. The van der Waals surface area contributed by atoms with Gasteiger partial charge in [-0.05, 0) is 0 Å². The van der Waals surface area contributed by atoms with Crippen LogP contribution in [-0.2, 0) is 47.8 Å². The fourth-order valence-electron chi connectivity index (χ4n) is 0. The van der Waals surface area contributed by atoms with Crippen molar-refractivity contribution < 1.29 is 62.5 Å². The van der Waals surface area contributed by atoms with Gasteiger partial charge in [0, 0.05) is 0 Å².